The molecule has 0 amide bonds. The molecule has 0 unspecified atom stereocenters. The zero-order valence-corrected chi connectivity index (χ0v) is 11.4. The average molecular weight is 277 g/mol. The topological polar surface area (TPSA) is 85.9 Å². The van der Waals surface area contributed by atoms with Crippen LogP contribution in [0.2, 0.25) is 0 Å². The van der Waals surface area contributed by atoms with E-state index in [0.717, 1.165) is 12.8 Å². The largest absolute Gasteiger partial charge is 0.508 e. The van der Waals surface area contributed by atoms with Crippen LogP contribution in [-0.4, -0.2) is 25.0 Å². The Morgan fingerprint density at radius 1 is 1.00 bits per heavy atom. The first-order valence-electron chi connectivity index (χ1n) is 6.64. The van der Waals surface area contributed by atoms with Crippen LogP contribution in [0.3, 0.4) is 0 Å². The SMILES string of the molecule is CCCCn1c(O)cc(Cc2ccc(O)cc2O)c1O. The Labute approximate surface area is 117 Å². The summed E-state index contributed by atoms with van der Waals surface area (Å²) in [4.78, 5) is 0. The number of aromatic hydroxyl groups is 4. The van der Waals surface area contributed by atoms with Gasteiger partial charge in [0, 0.05) is 30.7 Å². The third-order valence-corrected chi connectivity index (χ3v) is 3.31. The highest BCUT2D eigenvalue weighted by Gasteiger charge is 2.15. The molecule has 0 spiro atoms. The molecule has 0 saturated carbocycles. The van der Waals surface area contributed by atoms with Crippen molar-refractivity contribution >= 4 is 0 Å². The fraction of sp³-hybridized carbons (Fsp3) is 0.333. The lowest BCUT2D eigenvalue weighted by Crippen LogP contribution is -1.96. The van der Waals surface area contributed by atoms with E-state index in [-0.39, 0.29) is 29.7 Å². The maximum absolute atomic E-state index is 10.1. The van der Waals surface area contributed by atoms with Gasteiger partial charge in [0.05, 0.1) is 0 Å². The number of phenols is 2. The summed E-state index contributed by atoms with van der Waals surface area (Å²) < 4.78 is 1.45. The van der Waals surface area contributed by atoms with Gasteiger partial charge in [0.25, 0.3) is 0 Å². The highest BCUT2D eigenvalue weighted by molar-refractivity contribution is 5.45. The van der Waals surface area contributed by atoms with Crippen LogP contribution in [0.1, 0.15) is 30.9 Å². The second kappa shape index (κ2) is 5.77. The van der Waals surface area contributed by atoms with Crippen molar-refractivity contribution in [3.63, 3.8) is 0 Å². The van der Waals surface area contributed by atoms with Gasteiger partial charge in [-0.2, -0.15) is 0 Å². The Balaban J connectivity index is 2.25. The molecule has 0 radical (unpaired) electrons. The summed E-state index contributed by atoms with van der Waals surface area (Å²) in [5.74, 6) is -0.0170. The van der Waals surface area contributed by atoms with Crippen molar-refractivity contribution in [2.24, 2.45) is 0 Å². The van der Waals surface area contributed by atoms with Gasteiger partial charge in [0.2, 0.25) is 0 Å². The highest BCUT2D eigenvalue weighted by atomic mass is 16.3. The molecule has 0 aliphatic carbocycles. The third-order valence-electron chi connectivity index (χ3n) is 3.31. The van der Waals surface area contributed by atoms with E-state index in [4.69, 9.17) is 0 Å². The number of hydrogen-bond donors (Lipinski definition) is 4. The summed E-state index contributed by atoms with van der Waals surface area (Å²) in [7, 11) is 0. The zero-order valence-electron chi connectivity index (χ0n) is 11.4. The van der Waals surface area contributed by atoms with E-state index in [0.29, 0.717) is 17.7 Å². The van der Waals surface area contributed by atoms with Gasteiger partial charge < -0.3 is 20.4 Å². The first-order valence-corrected chi connectivity index (χ1v) is 6.64. The monoisotopic (exact) mass is 277 g/mol. The van der Waals surface area contributed by atoms with Gasteiger partial charge >= 0.3 is 0 Å². The Morgan fingerprint density at radius 3 is 2.40 bits per heavy atom. The number of unbranched alkanes of at least 4 members (excludes halogenated alkanes) is 1. The quantitative estimate of drug-likeness (QED) is 0.677. The summed E-state index contributed by atoms with van der Waals surface area (Å²) >= 11 is 0. The van der Waals surface area contributed by atoms with Crippen LogP contribution in [0.15, 0.2) is 24.3 Å². The predicted octanol–water partition coefficient (Wildman–Crippen LogP) is 2.70. The standard InChI is InChI=1S/C15H19NO4/c1-2-3-6-16-14(19)8-11(15(16)20)7-10-4-5-12(17)9-13(10)18/h4-5,8-9,17-20H,2-3,6-7H2,1H3. The predicted molar refractivity (Wildman–Crippen MR) is 75.2 cm³/mol. The van der Waals surface area contributed by atoms with Crippen molar-refractivity contribution in [3.8, 4) is 23.3 Å². The molecule has 1 heterocycles. The lowest BCUT2D eigenvalue weighted by molar-refractivity contribution is 0.362. The molecule has 108 valence electrons. The molecular weight excluding hydrogens is 258 g/mol. The molecular formula is C15H19NO4. The van der Waals surface area contributed by atoms with Crippen LogP contribution in [0, 0.1) is 0 Å². The minimum atomic E-state index is -0.0369. The van der Waals surface area contributed by atoms with E-state index in [1.165, 1.54) is 22.8 Å². The van der Waals surface area contributed by atoms with Gasteiger partial charge in [-0.3, -0.25) is 4.57 Å². The lowest BCUT2D eigenvalue weighted by Gasteiger charge is -2.07. The van der Waals surface area contributed by atoms with Crippen LogP contribution in [0.4, 0.5) is 0 Å². The van der Waals surface area contributed by atoms with Gasteiger partial charge in [-0.1, -0.05) is 19.4 Å². The lowest BCUT2D eigenvalue weighted by atomic mass is 10.1. The smallest absolute Gasteiger partial charge is 0.197 e. The van der Waals surface area contributed by atoms with E-state index >= 15 is 0 Å². The zero-order chi connectivity index (χ0) is 14.7. The molecule has 4 N–H and O–H groups in total. The molecule has 2 aromatic rings. The number of hydrogen-bond acceptors (Lipinski definition) is 4. The number of benzene rings is 1. The van der Waals surface area contributed by atoms with E-state index in [1.807, 2.05) is 6.92 Å². The van der Waals surface area contributed by atoms with Gasteiger partial charge in [-0.25, -0.2) is 0 Å². The molecule has 0 aliphatic heterocycles. The second-order valence-electron chi connectivity index (χ2n) is 4.85. The summed E-state index contributed by atoms with van der Waals surface area (Å²) in [5.41, 5.74) is 1.12. The molecule has 1 aromatic carbocycles. The van der Waals surface area contributed by atoms with E-state index in [2.05, 4.69) is 0 Å². The van der Waals surface area contributed by atoms with Crippen molar-refractivity contribution in [1.82, 2.24) is 4.57 Å². The Morgan fingerprint density at radius 2 is 1.75 bits per heavy atom. The van der Waals surface area contributed by atoms with Gasteiger partial charge in [0.1, 0.15) is 11.5 Å². The molecule has 0 bridgehead atoms. The molecule has 1 aromatic heterocycles. The van der Waals surface area contributed by atoms with Crippen molar-refractivity contribution < 1.29 is 20.4 Å². The fourth-order valence-electron chi connectivity index (χ4n) is 2.15. The van der Waals surface area contributed by atoms with Crippen LogP contribution < -0.4 is 0 Å². The summed E-state index contributed by atoms with van der Waals surface area (Å²) in [6, 6.07) is 5.81. The molecule has 0 fully saturated rings. The molecule has 0 atom stereocenters. The van der Waals surface area contributed by atoms with Crippen molar-refractivity contribution in [3.05, 3.63) is 35.4 Å². The Kier molecular flexibility index (Phi) is 4.08. The minimum Gasteiger partial charge on any atom is -0.508 e. The van der Waals surface area contributed by atoms with Gasteiger partial charge in [0.15, 0.2) is 11.8 Å². The molecule has 0 saturated heterocycles. The van der Waals surface area contributed by atoms with E-state index < -0.39 is 0 Å². The van der Waals surface area contributed by atoms with E-state index in [1.54, 1.807) is 6.07 Å². The number of nitrogens with zero attached hydrogens (tertiary/aromatic N) is 1. The van der Waals surface area contributed by atoms with Crippen LogP contribution in [-0.2, 0) is 13.0 Å². The van der Waals surface area contributed by atoms with E-state index in [9.17, 15) is 20.4 Å². The van der Waals surface area contributed by atoms with Crippen molar-refractivity contribution in [2.45, 2.75) is 32.7 Å². The second-order valence-corrected chi connectivity index (χ2v) is 4.85. The molecule has 20 heavy (non-hydrogen) atoms. The number of aromatic nitrogens is 1. The first kappa shape index (κ1) is 14.1. The number of phenolic OH excluding ortho intramolecular Hbond substituents is 2. The third kappa shape index (κ3) is 2.82. The summed E-state index contributed by atoms with van der Waals surface area (Å²) in [6.45, 7) is 2.59. The van der Waals surface area contributed by atoms with Crippen LogP contribution >= 0.6 is 0 Å². The molecule has 2 rings (SSSR count). The number of rotatable bonds is 5. The summed E-state index contributed by atoms with van der Waals surface area (Å²) in [5, 5.41) is 38.9. The van der Waals surface area contributed by atoms with Crippen LogP contribution in [0.25, 0.3) is 0 Å². The first-order chi connectivity index (χ1) is 9.52. The maximum atomic E-state index is 10.1. The normalized spacial score (nSPS) is 10.8. The van der Waals surface area contributed by atoms with Crippen molar-refractivity contribution in [2.75, 3.05) is 0 Å². The maximum Gasteiger partial charge on any atom is 0.197 e. The molecule has 0 aliphatic rings. The van der Waals surface area contributed by atoms with Crippen LogP contribution in [0.5, 0.6) is 23.3 Å². The van der Waals surface area contributed by atoms with Gasteiger partial charge in [-0.15, -0.1) is 0 Å². The molecule has 5 heteroatoms. The highest BCUT2D eigenvalue weighted by Crippen LogP contribution is 2.32. The fourth-order valence-corrected chi connectivity index (χ4v) is 2.15. The average Bonchev–Trinajstić information content (AvgIpc) is 2.66. The molecule has 5 nitrogen and oxygen atoms in total. The van der Waals surface area contributed by atoms with Gasteiger partial charge in [-0.05, 0) is 18.1 Å². The minimum absolute atomic E-state index is 0.0150. The Hall–Kier alpha value is -2.30. The Bertz CT molecular complexity index is 604. The summed E-state index contributed by atoms with van der Waals surface area (Å²) in [6.07, 6.45) is 2.11. The van der Waals surface area contributed by atoms with Crippen molar-refractivity contribution in [1.29, 1.82) is 0 Å².